The summed E-state index contributed by atoms with van der Waals surface area (Å²) < 4.78 is 38.1. The van der Waals surface area contributed by atoms with Gasteiger partial charge in [-0.25, -0.2) is 9.78 Å². The van der Waals surface area contributed by atoms with E-state index in [2.05, 4.69) is 14.7 Å². The minimum atomic E-state index is -2.96. The molecule has 0 unspecified atom stereocenters. The summed E-state index contributed by atoms with van der Waals surface area (Å²) in [5, 5.41) is 0. The number of imidazole rings is 1. The first-order chi connectivity index (χ1) is 15.2. The van der Waals surface area contributed by atoms with Gasteiger partial charge < -0.3 is 14.0 Å². The minimum Gasteiger partial charge on any atom is -0.493 e. The van der Waals surface area contributed by atoms with E-state index in [-0.39, 0.29) is 11.5 Å². The number of methoxy groups -OCH3 is 1. The molecule has 0 spiro atoms. The van der Waals surface area contributed by atoms with Gasteiger partial charge in [-0.1, -0.05) is 19.4 Å². The molecule has 0 bridgehead atoms. The van der Waals surface area contributed by atoms with Crippen LogP contribution in [0.4, 0.5) is 8.78 Å². The first kappa shape index (κ1) is 23.5. The quantitative estimate of drug-likeness (QED) is 0.509. The number of aryl methyl sites for hydroxylation is 2. The lowest BCUT2D eigenvalue weighted by atomic mass is 10.2. The zero-order valence-corrected chi connectivity index (χ0v) is 18.5. The van der Waals surface area contributed by atoms with Gasteiger partial charge in [-0.2, -0.15) is 8.78 Å². The molecule has 0 aliphatic carbocycles. The zero-order chi connectivity index (χ0) is 23.4. The molecule has 11 heteroatoms. The maximum atomic E-state index is 12.7. The van der Waals surface area contributed by atoms with Gasteiger partial charge in [0.1, 0.15) is 5.82 Å². The normalized spacial score (nSPS) is 11.6. The molecule has 32 heavy (non-hydrogen) atoms. The number of H-pyrrole nitrogens is 1. The van der Waals surface area contributed by atoms with Crippen molar-refractivity contribution in [3.05, 3.63) is 50.4 Å². The maximum absolute atomic E-state index is 12.7. The summed E-state index contributed by atoms with van der Waals surface area (Å²) in [4.78, 5) is 33.5. The lowest BCUT2D eigenvalue weighted by Crippen LogP contribution is -2.31. The topological polar surface area (TPSA) is 94.4 Å². The van der Waals surface area contributed by atoms with Crippen LogP contribution in [0.25, 0.3) is 11.2 Å². The lowest BCUT2D eigenvalue weighted by Gasteiger charge is -2.18. The smallest absolute Gasteiger partial charge is 0.387 e. The van der Waals surface area contributed by atoms with Gasteiger partial charge in [0, 0.05) is 20.1 Å². The highest BCUT2D eigenvalue weighted by Gasteiger charge is 2.18. The van der Waals surface area contributed by atoms with Crippen molar-refractivity contribution in [2.45, 2.75) is 46.0 Å². The van der Waals surface area contributed by atoms with E-state index in [1.54, 1.807) is 23.7 Å². The molecule has 9 nitrogen and oxygen atoms in total. The number of aromatic amines is 1. The Morgan fingerprint density at radius 2 is 1.97 bits per heavy atom. The van der Waals surface area contributed by atoms with E-state index in [9.17, 15) is 18.4 Å². The van der Waals surface area contributed by atoms with Crippen LogP contribution in [0.5, 0.6) is 11.5 Å². The first-order valence-corrected chi connectivity index (χ1v) is 10.2. The van der Waals surface area contributed by atoms with Crippen LogP contribution in [0.3, 0.4) is 0 Å². The third kappa shape index (κ3) is 4.98. The highest BCUT2D eigenvalue weighted by atomic mass is 19.3. The van der Waals surface area contributed by atoms with Crippen LogP contribution >= 0.6 is 0 Å². The van der Waals surface area contributed by atoms with E-state index in [1.165, 1.54) is 17.7 Å². The molecule has 0 fully saturated rings. The summed E-state index contributed by atoms with van der Waals surface area (Å²) >= 11 is 0. The summed E-state index contributed by atoms with van der Waals surface area (Å²) in [5.74, 6) is 0.778. The highest BCUT2D eigenvalue weighted by molar-refractivity contribution is 5.70. The van der Waals surface area contributed by atoms with Crippen molar-refractivity contribution in [3.63, 3.8) is 0 Å². The number of nitrogens with one attached hydrogen (secondary N) is 1. The summed E-state index contributed by atoms with van der Waals surface area (Å²) in [6.45, 7) is 0.299. The number of benzene rings is 1. The number of hydrogen-bond acceptors (Lipinski definition) is 6. The molecule has 0 aliphatic heterocycles. The fourth-order valence-electron chi connectivity index (χ4n) is 3.57. The molecule has 0 atom stereocenters. The van der Waals surface area contributed by atoms with Gasteiger partial charge in [0.2, 0.25) is 0 Å². The number of ether oxygens (including phenoxy) is 2. The summed E-state index contributed by atoms with van der Waals surface area (Å²) in [7, 11) is 4.95. The van der Waals surface area contributed by atoms with Crippen molar-refractivity contribution in [1.82, 2.24) is 24.0 Å². The van der Waals surface area contributed by atoms with E-state index in [4.69, 9.17) is 4.74 Å². The van der Waals surface area contributed by atoms with E-state index < -0.39 is 17.9 Å². The van der Waals surface area contributed by atoms with Gasteiger partial charge in [-0.15, -0.1) is 0 Å². The van der Waals surface area contributed by atoms with Gasteiger partial charge in [0.05, 0.1) is 13.7 Å². The van der Waals surface area contributed by atoms with Gasteiger partial charge >= 0.3 is 12.3 Å². The number of unbranched alkanes of at least 4 members (excludes halogenated alkanes) is 1. The third-order valence-corrected chi connectivity index (χ3v) is 5.15. The molecule has 0 aliphatic rings. The van der Waals surface area contributed by atoms with Crippen molar-refractivity contribution < 1.29 is 18.3 Å². The van der Waals surface area contributed by atoms with Crippen molar-refractivity contribution in [1.29, 1.82) is 0 Å². The van der Waals surface area contributed by atoms with Gasteiger partial charge in [-0.3, -0.25) is 19.2 Å². The highest BCUT2D eigenvalue weighted by Crippen LogP contribution is 2.30. The molecule has 0 amide bonds. The number of nitrogens with zero attached hydrogens (tertiary/aromatic N) is 4. The predicted molar refractivity (Wildman–Crippen MR) is 115 cm³/mol. The minimum absolute atomic E-state index is 0.0393. The van der Waals surface area contributed by atoms with Crippen LogP contribution in [-0.4, -0.2) is 44.8 Å². The Morgan fingerprint density at radius 1 is 1.22 bits per heavy atom. The van der Waals surface area contributed by atoms with Crippen LogP contribution in [0, 0.1) is 0 Å². The van der Waals surface area contributed by atoms with Crippen LogP contribution in [0.1, 0.15) is 31.2 Å². The fourth-order valence-corrected chi connectivity index (χ4v) is 3.57. The van der Waals surface area contributed by atoms with Crippen LogP contribution in [0.2, 0.25) is 0 Å². The number of hydrogen-bond donors (Lipinski definition) is 1. The molecular formula is C21H27F2N5O4. The second-order valence-electron chi connectivity index (χ2n) is 7.56. The van der Waals surface area contributed by atoms with Crippen LogP contribution < -0.4 is 20.7 Å². The Hall–Kier alpha value is -3.21. The van der Waals surface area contributed by atoms with Crippen LogP contribution in [0.15, 0.2) is 27.8 Å². The van der Waals surface area contributed by atoms with Gasteiger partial charge in [-0.05, 0) is 31.2 Å². The van der Waals surface area contributed by atoms with Gasteiger partial charge in [0.25, 0.3) is 5.56 Å². The molecular weight excluding hydrogens is 424 g/mol. The maximum Gasteiger partial charge on any atom is 0.387 e. The molecule has 174 valence electrons. The van der Waals surface area contributed by atoms with Gasteiger partial charge in [0.15, 0.2) is 22.7 Å². The Labute approximate surface area is 183 Å². The average molecular weight is 451 g/mol. The predicted octanol–water partition coefficient (Wildman–Crippen LogP) is 2.47. The number of fused-ring (bicyclic) bond motifs is 1. The van der Waals surface area contributed by atoms with E-state index in [0.29, 0.717) is 36.6 Å². The summed E-state index contributed by atoms with van der Waals surface area (Å²) in [5.41, 5.74) is 0.473. The fraction of sp³-hybridized carbons (Fsp3) is 0.476. The molecule has 3 rings (SSSR count). The molecule has 1 N–H and O–H groups in total. The Bertz CT molecular complexity index is 1200. The summed E-state index contributed by atoms with van der Waals surface area (Å²) in [6, 6.07) is 4.83. The Kier molecular flexibility index (Phi) is 7.29. The average Bonchev–Trinajstić information content (AvgIpc) is 3.04. The van der Waals surface area contributed by atoms with Crippen molar-refractivity contribution in [3.8, 4) is 11.5 Å². The van der Waals surface area contributed by atoms with E-state index in [0.717, 1.165) is 18.4 Å². The first-order valence-electron chi connectivity index (χ1n) is 10.2. The SMILES string of the molecule is CCCCn1c(=O)[nH]c(=O)c2c1nc(CN(C)Cc1ccc(OC)c(OC(F)F)c1)n2C. The number of halogens is 2. The second-order valence-corrected chi connectivity index (χ2v) is 7.56. The molecule has 0 saturated carbocycles. The number of rotatable bonds is 10. The zero-order valence-electron chi connectivity index (χ0n) is 18.5. The molecule has 1 aromatic carbocycles. The molecule has 0 saturated heterocycles. The lowest BCUT2D eigenvalue weighted by molar-refractivity contribution is -0.0512. The molecule has 0 radical (unpaired) electrons. The van der Waals surface area contributed by atoms with Crippen LogP contribution in [-0.2, 0) is 26.7 Å². The second kappa shape index (κ2) is 9.94. The Balaban J connectivity index is 1.87. The monoisotopic (exact) mass is 451 g/mol. The summed E-state index contributed by atoms with van der Waals surface area (Å²) in [6.07, 6.45) is 1.68. The van der Waals surface area contributed by atoms with Crippen molar-refractivity contribution in [2.24, 2.45) is 7.05 Å². The number of aromatic nitrogens is 4. The molecule has 2 aromatic heterocycles. The molecule has 3 aromatic rings. The standard InChI is InChI=1S/C21H27F2N5O4/c1-5-6-9-28-18-17(19(29)25-21(28)30)27(3)16(24-18)12-26(2)11-13-7-8-14(31-4)15(10-13)32-20(22)23/h7-8,10,20H,5-6,9,11-12H2,1-4H3,(H,25,29,30). The molecule has 2 heterocycles. The van der Waals surface area contributed by atoms with Crippen molar-refractivity contribution in [2.75, 3.05) is 14.2 Å². The van der Waals surface area contributed by atoms with E-state index in [1.807, 2.05) is 18.9 Å². The largest absolute Gasteiger partial charge is 0.493 e. The van der Waals surface area contributed by atoms with E-state index >= 15 is 0 Å². The third-order valence-electron chi connectivity index (χ3n) is 5.15. The Morgan fingerprint density at radius 3 is 2.62 bits per heavy atom. The van der Waals surface area contributed by atoms with Crippen molar-refractivity contribution >= 4 is 11.2 Å². The number of alkyl halides is 2.